The monoisotopic (exact) mass is 580 g/mol. The molecule has 0 radical (unpaired) electrons. The van der Waals surface area contributed by atoms with Gasteiger partial charge >= 0.3 is 12.0 Å². The molecule has 1 heterocycles. The molecule has 2 atom stereocenters. The van der Waals surface area contributed by atoms with Crippen LogP contribution in [0.2, 0.25) is 0 Å². The Hall–Kier alpha value is -5.31. The normalized spacial score (nSPS) is 13.7. The summed E-state index contributed by atoms with van der Waals surface area (Å²) in [5.74, 6) is -0.671. The van der Waals surface area contributed by atoms with Crippen LogP contribution < -0.4 is 20.7 Å². The molecule has 2 unspecified atom stereocenters. The Morgan fingerprint density at radius 3 is 2.37 bits per heavy atom. The van der Waals surface area contributed by atoms with E-state index in [1.165, 1.54) is 7.11 Å². The number of hydrogen-bond donors (Lipinski definition) is 4. The predicted molar refractivity (Wildman–Crippen MR) is 168 cm³/mol. The van der Waals surface area contributed by atoms with Crippen LogP contribution in [-0.4, -0.2) is 41.1 Å². The Morgan fingerprint density at radius 1 is 0.930 bits per heavy atom. The lowest BCUT2D eigenvalue weighted by molar-refractivity contribution is -0.138. The van der Waals surface area contributed by atoms with Gasteiger partial charge in [-0.1, -0.05) is 66.7 Å². The maximum atomic E-state index is 13.0. The molecule has 9 nitrogen and oxygen atoms in total. The molecule has 0 aromatic heterocycles. The van der Waals surface area contributed by atoms with Crippen molar-refractivity contribution in [3.63, 3.8) is 0 Å². The molecule has 3 amide bonds. The van der Waals surface area contributed by atoms with Crippen LogP contribution in [0.1, 0.15) is 36.1 Å². The third-order valence-electron chi connectivity index (χ3n) is 7.02. The van der Waals surface area contributed by atoms with E-state index >= 15 is 0 Å². The molecule has 3 aromatic carbocycles. The Bertz CT molecular complexity index is 1550. The van der Waals surface area contributed by atoms with Crippen molar-refractivity contribution in [2.45, 2.75) is 38.8 Å². The second-order valence-electron chi connectivity index (χ2n) is 10.2. The molecular formula is C34H36N4O5. The van der Waals surface area contributed by atoms with Gasteiger partial charge in [-0.15, -0.1) is 0 Å². The zero-order chi connectivity index (χ0) is 30.8. The molecule has 0 saturated carbocycles. The highest BCUT2D eigenvalue weighted by Crippen LogP contribution is 2.28. The highest BCUT2D eigenvalue weighted by molar-refractivity contribution is 6.01. The van der Waals surface area contributed by atoms with Crippen LogP contribution in [0.25, 0.3) is 0 Å². The number of carboxylic acids is 1. The first-order chi connectivity index (χ1) is 20.7. The number of aliphatic carboxylic acids is 1. The van der Waals surface area contributed by atoms with Gasteiger partial charge < -0.3 is 30.7 Å². The zero-order valence-electron chi connectivity index (χ0n) is 24.4. The lowest BCUT2D eigenvalue weighted by Crippen LogP contribution is -2.35. The second kappa shape index (κ2) is 14.5. The summed E-state index contributed by atoms with van der Waals surface area (Å²) in [6, 6.07) is 21.0. The number of benzene rings is 3. The van der Waals surface area contributed by atoms with Gasteiger partial charge in [0, 0.05) is 18.1 Å². The maximum absolute atomic E-state index is 13.0. The largest absolute Gasteiger partial charge is 0.495 e. The SMILES string of the molecule is COc1cc(CC(=O)NC(C)C2=CN(C(CC(=O)O)c3ccccc3)C=CC=C2)ccc1NC(=O)Nc1ccccc1C. The van der Waals surface area contributed by atoms with E-state index in [1.807, 2.05) is 104 Å². The third kappa shape index (κ3) is 8.59. The molecule has 222 valence electrons. The zero-order valence-corrected chi connectivity index (χ0v) is 24.4. The molecule has 1 aliphatic heterocycles. The van der Waals surface area contributed by atoms with E-state index in [-0.39, 0.29) is 24.8 Å². The second-order valence-corrected chi connectivity index (χ2v) is 10.2. The summed E-state index contributed by atoms with van der Waals surface area (Å²) in [6.45, 7) is 3.79. The van der Waals surface area contributed by atoms with Crippen molar-refractivity contribution in [3.05, 3.63) is 126 Å². The Balaban J connectivity index is 1.41. The molecule has 0 saturated heterocycles. The average Bonchev–Trinajstić information content (AvgIpc) is 3.25. The number of hydrogen-bond acceptors (Lipinski definition) is 5. The fraction of sp³-hybridized carbons (Fsp3) is 0.206. The molecule has 9 heteroatoms. The smallest absolute Gasteiger partial charge is 0.323 e. The van der Waals surface area contributed by atoms with E-state index in [2.05, 4.69) is 16.0 Å². The van der Waals surface area contributed by atoms with Crippen molar-refractivity contribution < 1.29 is 24.2 Å². The number of carbonyl (C=O) groups is 3. The number of anilines is 2. The lowest BCUT2D eigenvalue weighted by atomic mass is 10.0. The number of nitrogens with one attached hydrogen (secondary N) is 3. The molecule has 0 bridgehead atoms. The van der Waals surface area contributed by atoms with Crippen molar-refractivity contribution in [1.82, 2.24) is 10.2 Å². The topological polar surface area (TPSA) is 120 Å². The number of amides is 3. The Kier molecular flexibility index (Phi) is 10.4. The summed E-state index contributed by atoms with van der Waals surface area (Å²) < 4.78 is 5.48. The number of carbonyl (C=O) groups excluding carboxylic acids is 2. The van der Waals surface area contributed by atoms with Crippen LogP contribution in [0.5, 0.6) is 5.75 Å². The van der Waals surface area contributed by atoms with Crippen LogP contribution in [-0.2, 0) is 16.0 Å². The number of methoxy groups -OCH3 is 1. The van der Waals surface area contributed by atoms with Crippen LogP contribution >= 0.6 is 0 Å². The van der Waals surface area contributed by atoms with Gasteiger partial charge in [-0.25, -0.2) is 4.79 Å². The molecule has 0 fully saturated rings. The highest BCUT2D eigenvalue weighted by Gasteiger charge is 2.22. The summed E-state index contributed by atoms with van der Waals surface area (Å²) in [4.78, 5) is 39.2. The van der Waals surface area contributed by atoms with Gasteiger partial charge in [0.25, 0.3) is 0 Å². The molecular weight excluding hydrogens is 544 g/mol. The van der Waals surface area contributed by atoms with Gasteiger partial charge in [0.15, 0.2) is 0 Å². The highest BCUT2D eigenvalue weighted by atomic mass is 16.5. The van der Waals surface area contributed by atoms with Gasteiger partial charge in [-0.2, -0.15) is 0 Å². The fourth-order valence-electron chi connectivity index (χ4n) is 4.76. The number of rotatable bonds is 11. The predicted octanol–water partition coefficient (Wildman–Crippen LogP) is 6.18. The first-order valence-corrected chi connectivity index (χ1v) is 13.9. The summed E-state index contributed by atoms with van der Waals surface area (Å²) in [5.41, 5.74) is 4.53. The van der Waals surface area contributed by atoms with E-state index in [9.17, 15) is 19.5 Å². The number of para-hydroxylation sites is 1. The van der Waals surface area contributed by atoms with Crippen molar-refractivity contribution in [2.75, 3.05) is 17.7 Å². The van der Waals surface area contributed by atoms with Gasteiger partial charge in [-0.05, 0) is 60.4 Å². The van der Waals surface area contributed by atoms with Crippen molar-refractivity contribution in [3.8, 4) is 5.75 Å². The Morgan fingerprint density at radius 2 is 1.65 bits per heavy atom. The van der Waals surface area contributed by atoms with E-state index in [0.717, 1.165) is 16.7 Å². The summed E-state index contributed by atoms with van der Waals surface area (Å²) in [6.07, 6.45) is 9.33. The van der Waals surface area contributed by atoms with Gasteiger partial charge in [0.05, 0.1) is 37.7 Å². The molecule has 0 aliphatic carbocycles. The number of aryl methyl sites for hydroxylation is 1. The quantitative estimate of drug-likeness (QED) is 0.215. The van der Waals surface area contributed by atoms with Crippen molar-refractivity contribution in [2.24, 2.45) is 0 Å². The molecule has 4 rings (SSSR count). The van der Waals surface area contributed by atoms with Crippen LogP contribution in [0.3, 0.4) is 0 Å². The summed E-state index contributed by atoms with van der Waals surface area (Å²) >= 11 is 0. The van der Waals surface area contributed by atoms with Crippen LogP contribution in [0.4, 0.5) is 16.2 Å². The van der Waals surface area contributed by atoms with Gasteiger partial charge in [0.1, 0.15) is 5.75 Å². The van der Waals surface area contributed by atoms with E-state index in [4.69, 9.17) is 4.74 Å². The minimum absolute atomic E-state index is 0.0842. The fourth-order valence-corrected chi connectivity index (χ4v) is 4.76. The van der Waals surface area contributed by atoms with E-state index in [0.29, 0.717) is 22.7 Å². The first-order valence-electron chi connectivity index (χ1n) is 13.9. The third-order valence-corrected chi connectivity index (χ3v) is 7.02. The number of carboxylic acid groups (broad SMARTS) is 1. The molecule has 4 N–H and O–H groups in total. The summed E-state index contributed by atoms with van der Waals surface area (Å²) in [5, 5.41) is 18.2. The van der Waals surface area contributed by atoms with E-state index in [1.54, 1.807) is 18.2 Å². The standard InChI is InChI=1S/C34H36N4O5/c1-23-11-7-8-15-28(23)36-34(42)37-29-17-16-25(19-31(29)43-3)20-32(39)35-24(2)27-14-9-10-18-38(22-27)30(21-33(40)41)26-12-5-4-6-13-26/h4-19,22,24,30H,20-21H2,1-3H3,(H,35,39)(H,40,41)(H2,36,37,42). The van der Waals surface area contributed by atoms with Gasteiger partial charge in [0.2, 0.25) is 5.91 Å². The molecule has 1 aliphatic rings. The average molecular weight is 581 g/mol. The van der Waals surface area contributed by atoms with Gasteiger partial charge in [-0.3, -0.25) is 9.59 Å². The van der Waals surface area contributed by atoms with Crippen molar-refractivity contribution >= 4 is 29.3 Å². The molecule has 0 spiro atoms. The number of nitrogens with zero attached hydrogens (tertiary/aromatic N) is 1. The Labute approximate surface area is 251 Å². The number of allylic oxidation sites excluding steroid dienone is 2. The first kappa shape index (κ1) is 30.6. The van der Waals surface area contributed by atoms with E-state index < -0.39 is 18.0 Å². The van der Waals surface area contributed by atoms with Crippen molar-refractivity contribution in [1.29, 1.82) is 0 Å². The lowest BCUT2D eigenvalue weighted by Gasteiger charge is -2.28. The minimum Gasteiger partial charge on any atom is -0.495 e. The summed E-state index contributed by atoms with van der Waals surface area (Å²) in [7, 11) is 1.50. The van der Waals surface area contributed by atoms with Crippen LogP contribution in [0, 0.1) is 6.92 Å². The molecule has 43 heavy (non-hydrogen) atoms. The number of urea groups is 1. The van der Waals surface area contributed by atoms with Crippen LogP contribution in [0.15, 0.2) is 109 Å². The maximum Gasteiger partial charge on any atom is 0.323 e. The molecule has 3 aromatic rings. The number of ether oxygens (including phenoxy) is 1. The minimum atomic E-state index is -0.903.